The number of hydrogen-bond acceptors (Lipinski definition) is 6. The number of carbonyl (C=O) groups is 3. The van der Waals surface area contributed by atoms with Crippen molar-refractivity contribution >= 4 is 27.8 Å². The van der Waals surface area contributed by atoms with E-state index in [1.165, 1.54) is 12.1 Å². The van der Waals surface area contributed by atoms with Gasteiger partial charge in [0.25, 0.3) is 5.91 Å². The van der Waals surface area contributed by atoms with E-state index < -0.39 is 28.5 Å². The zero-order valence-corrected chi connectivity index (χ0v) is 16.3. The van der Waals surface area contributed by atoms with Crippen LogP contribution < -0.4 is 4.72 Å². The molecule has 2 amide bonds. The molecule has 0 bridgehead atoms. The van der Waals surface area contributed by atoms with Gasteiger partial charge in [0.1, 0.15) is 0 Å². The second kappa shape index (κ2) is 9.09. The van der Waals surface area contributed by atoms with Crippen molar-refractivity contribution in [2.75, 3.05) is 19.7 Å². The van der Waals surface area contributed by atoms with Crippen LogP contribution in [0.4, 0.5) is 0 Å². The second-order valence-electron chi connectivity index (χ2n) is 6.57. The molecule has 1 fully saturated rings. The molecule has 0 atom stereocenters. The van der Waals surface area contributed by atoms with Gasteiger partial charge >= 0.3 is 5.97 Å². The highest BCUT2D eigenvalue weighted by atomic mass is 32.2. The number of hydrogen-bond donors (Lipinski definition) is 1. The average molecular weight is 396 g/mol. The first-order valence-electron chi connectivity index (χ1n) is 8.79. The van der Waals surface area contributed by atoms with Gasteiger partial charge in [0, 0.05) is 19.5 Å². The zero-order valence-electron chi connectivity index (χ0n) is 15.4. The molecule has 1 heterocycles. The van der Waals surface area contributed by atoms with E-state index in [9.17, 15) is 22.8 Å². The average Bonchev–Trinajstić information content (AvgIpc) is 3.05. The number of ether oxygens (including phenoxy) is 1. The van der Waals surface area contributed by atoms with Crippen LogP contribution in [0.25, 0.3) is 0 Å². The van der Waals surface area contributed by atoms with Gasteiger partial charge in [-0.05, 0) is 30.0 Å². The lowest BCUT2D eigenvalue weighted by atomic mass is 10.0. The number of nitrogens with zero attached hydrogens (tertiary/aromatic N) is 1. The fraction of sp³-hybridized carbons (Fsp3) is 0.500. The molecule has 0 aliphatic carbocycles. The third kappa shape index (κ3) is 5.86. The van der Waals surface area contributed by atoms with Crippen molar-refractivity contribution in [1.82, 2.24) is 9.62 Å². The summed E-state index contributed by atoms with van der Waals surface area (Å²) in [4.78, 5) is 36.0. The maximum absolute atomic E-state index is 12.2. The van der Waals surface area contributed by atoms with Crippen LogP contribution in [0.15, 0.2) is 29.2 Å². The third-order valence-electron chi connectivity index (χ3n) is 4.21. The maximum Gasteiger partial charge on any atom is 0.307 e. The highest BCUT2D eigenvalue weighted by Crippen LogP contribution is 2.17. The smallest absolute Gasteiger partial charge is 0.307 e. The molecular weight excluding hydrogens is 372 g/mol. The molecular formula is C18H24N2O6S. The van der Waals surface area contributed by atoms with Gasteiger partial charge in [0.05, 0.1) is 11.3 Å². The Hall–Kier alpha value is -2.26. The summed E-state index contributed by atoms with van der Waals surface area (Å²) in [6.07, 6.45) is 0.711. The number of amides is 2. The van der Waals surface area contributed by atoms with Gasteiger partial charge in [-0.1, -0.05) is 26.0 Å². The van der Waals surface area contributed by atoms with Gasteiger partial charge in [-0.15, -0.1) is 0 Å². The number of rotatable bonds is 8. The van der Waals surface area contributed by atoms with Crippen LogP contribution in [-0.4, -0.2) is 50.8 Å². The summed E-state index contributed by atoms with van der Waals surface area (Å²) in [5.74, 6) is -1.25. The van der Waals surface area contributed by atoms with Crippen molar-refractivity contribution in [2.24, 2.45) is 0 Å². The molecule has 148 valence electrons. The molecule has 0 spiro atoms. The second-order valence-corrected chi connectivity index (χ2v) is 8.34. The van der Waals surface area contributed by atoms with Gasteiger partial charge in [-0.25, -0.2) is 13.1 Å². The number of nitrogens with one attached hydrogen (secondary N) is 1. The quantitative estimate of drug-likeness (QED) is 0.661. The van der Waals surface area contributed by atoms with Crippen molar-refractivity contribution in [1.29, 1.82) is 0 Å². The van der Waals surface area contributed by atoms with Crippen LogP contribution in [0, 0.1) is 0 Å². The van der Waals surface area contributed by atoms with Crippen LogP contribution in [-0.2, 0) is 29.1 Å². The van der Waals surface area contributed by atoms with E-state index in [1.54, 1.807) is 12.1 Å². The molecule has 1 aliphatic heterocycles. The van der Waals surface area contributed by atoms with Crippen LogP contribution in [0.2, 0.25) is 0 Å². The van der Waals surface area contributed by atoms with Crippen LogP contribution in [0.3, 0.4) is 0 Å². The van der Waals surface area contributed by atoms with Crippen molar-refractivity contribution < 1.29 is 27.5 Å². The molecule has 1 aliphatic rings. The Morgan fingerprint density at radius 3 is 2.44 bits per heavy atom. The first kappa shape index (κ1) is 21.0. The van der Waals surface area contributed by atoms with Crippen molar-refractivity contribution in [2.45, 2.75) is 43.9 Å². The highest BCUT2D eigenvalue weighted by molar-refractivity contribution is 7.89. The Balaban J connectivity index is 1.76. The van der Waals surface area contributed by atoms with Crippen LogP contribution in [0.5, 0.6) is 0 Å². The topological polar surface area (TPSA) is 110 Å². The molecule has 0 saturated carbocycles. The molecule has 0 unspecified atom stereocenters. The van der Waals surface area contributed by atoms with Gasteiger partial charge < -0.3 is 4.74 Å². The predicted molar refractivity (Wildman–Crippen MR) is 97.2 cm³/mol. The molecule has 27 heavy (non-hydrogen) atoms. The van der Waals surface area contributed by atoms with Crippen LogP contribution in [0.1, 0.15) is 44.6 Å². The minimum Gasteiger partial charge on any atom is -0.456 e. The lowest BCUT2D eigenvalue weighted by Gasteiger charge is -2.13. The van der Waals surface area contributed by atoms with Crippen molar-refractivity contribution in [3.63, 3.8) is 0 Å². The fourth-order valence-electron chi connectivity index (χ4n) is 2.61. The Morgan fingerprint density at radius 1 is 1.22 bits per heavy atom. The first-order valence-corrected chi connectivity index (χ1v) is 10.3. The largest absolute Gasteiger partial charge is 0.456 e. The Labute approximate surface area is 158 Å². The normalized spacial score (nSPS) is 14.6. The lowest BCUT2D eigenvalue weighted by Crippen LogP contribution is -2.35. The minimum absolute atomic E-state index is 0.114. The summed E-state index contributed by atoms with van der Waals surface area (Å²) >= 11 is 0. The third-order valence-corrected chi connectivity index (χ3v) is 5.69. The van der Waals surface area contributed by atoms with Gasteiger partial charge in [0.15, 0.2) is 6.61 Å². The summed E-state index contributed by atoms with van der Waals surface area (Å²) in [6.45, 7) is 3.69. The number of carbonyl (C=O) groups excluding carboxylic acids is 3. The summed E-state index contributed by atoms with van der Waals surface area (Å²) < 4.78 is 31.6. The Kier molecular flexibility index (Phi) is 7.09. The molecule has 8 nitrogen and oxygen atoms in total. The first-order chi connectivity index (χ1) is 12.7. The standard InChI is InChI=1S/C18H24N2O6S/c1-13(2)14-5-7-15(8-6-14)27(24,25)19-10-9-18(23)26-12-17(22)20-11-3-4-16(20)21/h5-8,13,19H,3-4,9-12H2,1-2H3. The number of sulfonamides is 1. The van der Waals surface area contributed by atoms with Gasteiger partial charge in [-0.3, -0.25) is 19.3 Å². The summed E-state index contributed by atoms with van der Waals surface area (Å²) in [5.41, 5.74) is 1.03. The van der Waals surface area contributed by atoms with E-state index in [4.69, 9.17) is 4.74 Å². The number of esters is 1. The SMILES string of the molecule is CC(C)c1ccc(S(=O)(=O)NCCC(=O)OCC(=O)N2CCCC2=O)cc1. The Morgan fingerprint density at radius 2 is 1.89 bits per heavy atom. The molecule has 0 aromatic heterocycles. The summed E-state index contributed by atoms with van der Waals surface area (Å²) in [7, 11) is -3.73. The molecule has 0 radical (unpaired) electrons. The molecule has 1 saturated heterocycles. The van der Waals surface area contributed by atoms with Crippen molar-refractivity contribution in [3.8, 4) is 0 Å². The molecule has 2 rings (SSSR count). The highest BCUT2D eigenvalue weighted by Gasteiger charge is 2.27. The van der Waals surface area contributed by atoms with Crippen LogP contribution >= 0.6 is 0 Å². The van der Waals surface area contributed by atoms with E-state index in [0.29, 0.717) is 25.3 Å². The molecule has 1 N–H and O–H groups in total. The molecule has 9 heteroatoms. The maximum atomic E-state index is 12.2. The summed E-state index contributed by atoms with van der Waals surface area (Å²) in [6, 6.07) is 6.53. The van der Waals surface area contributed by atoms with E-state index in [2.05, 4.69) is 4.72 Å². The summed E-state index contributed by atoms with van der Waals surface area (Å²) in [5, 5.41) is 0. The van der Waals surface area contributed by atoms with Crippen molar-refractivity contribution in [3.05, 3.63) is 29.8 Å². The molecule has 1 aromatic carbocycles. The number of imide groups is 1. The Bertz CT molecular complexity index is 802. The van der Waals surface area contributed by atoms with E-state index >= 15 is 0 Å². The minimum atomic E-state index is -3.73. The van der Waals surface area contributed by atoms with E-state index in [-0.39, 0.29) is 23.8 Å². The van der Waals surface area contributed by atoms with Gasteiger partial charge in [-0.2, -0.15) is 0 Å². The lowest BCUT2D eigenvalue weighted by molar-refractivity contribution is -0.154. The number of likely N-dealkylation sites (tertiary alicyclic amines) is 1. The number of benzene rings is 1. The molecule has 1 aromatic rings. The zero-order chi connectivity index (χ0) is 20.0. The fourth-order valence-corrected chi connectivity index (χ4v) is 3.64. The van der Waals surface area contributed by atoms with E-state index in [1.807, 2.05) is 13.8 Å². The predicted octanol–water partition coefficient (Wildman–Crippen LogP) is 1.17. The van der Waals surface area contributed by atoms with Gasteiger partial charge in [0.2, 0.25) is 15.9 Å². The monoisotopic (exact) mass is 396 g/mol. The van der Waals surface area contributed by atoms with E-state index in [0.717, 1.165) is 10.5 Å².